The maximum Gasteiger partial charge on any atom is 0.305 e. The van der Waals surface area contributed by atoms with Crippen molar-refractivity contribution < 1.29 is 14.6 Å². The summed E-state index contributed by atoms with van der Waals surface area (Å²) in [7, 11) is 1.90. The molecule has 84 valence electrons. The molecule has 0 heterocycles. The van der Waals surface area contributed by atoms with Crippen LogP contribution in [0.3, 0.4) is 0 Å². The van der Waals surface area contributed by atoms with Gasteiger partial charge < -0.3 is 15.2 Å². The highest BCUT2D eigenvalue weighted by Gasteiger charge is 2.21. The van der Waals surface area contributed by atoms with E-state index in [2.05, 4.69) is 12.2 Å². The first-order chi connectivity index (χ1) is 6.54. The van der Waals surface area contributed by atoms with Crippen LogP contribution in [0.5, 0.6) is 0 Å². The second-order valence-corrected chi connectivity index (χ2v) is 3.65. The molecule has 4 nitrogen and oxygen atoms in total. The van der Waals surface area contributed by atoms with E-state index in [1.807, 2.05) is 14.0 Å². The zero-order valence-electron chi connectivity index (χ0n) is 9.30. The molecule has 0 aromatic carbocycles. The predicted octanol–water partition coefficient (Wildman–Crippen LogP) is 1.26. The minimum absolute atomic E-state index is 0.0785. The van der Waals surface area contributed by atoms with Gasteiger partial charge in [0, 0.05) is 0 Å². The van der Waals surface area contributed by atoms with E-state index in [4.69, 9.17) is 9.84 Å². The van der Waals surface area contributed by atoms with E-state index in [-0.39, 0.29) is 12.0 Å². The fraction of sp³-hybridized carbons (Fsp3) is 0.900. The molecule has 0 bridgehead atoms. The highest BCUT2D eigenvalue weighted by atomic mass is 16.5. The van der Waals surface area contributed by atoms with Gasteiger partial charge in [0.25, 0.3) is 0 Å². The Balaban J connectivity index is 3.79. The molecule has 0 saturated carbocycles. The first-order valence-corrected chi connectivity index (χ1v) is 5.04. The molecule has 14 heavy (non-hydrogen) atoms. The Kier molecular flexibility index (Phi) is 6.49. The summed E-state index contributed by atoms with van der Waals surface area (Å²) in [5.74, 6) is -0.808. The SMILES string of the molecule is CCC(C)(CCNC)OCCC(=O)O. The molecule has 0 saturated heterocycles. The standard InChI is InChI=1S/C10H21NO3/c1-4-10(2,6-7-11-3)14-8-5-9(12)13/h11H,4-8H2,1-3H3,(H,12,13). The van der Waals surface area contributed by atoms with Crippen molar-refractivity contribution in [2.45, 2.75) is 38.7 Å². The number of hydrogen-bond acceptors (Lipinski definition) is 3. The van der Waals surface area contributed by atoms with Crippen LogP contribution in [0.15, 0.2) is 0 Å². The smallest absolute Gasteiger partial charge is 0.305 e. The lowest BCUT2D eigenvalue weighted by Crippen LogP contribution is -2.32. The second-order valence-electron chi connectivity index (χ2n) is 3.65. The van der Waals surface area contributed by atoms with E-state index in [0.29, 0.717) is 6.61 Å². The van der Waals surface area contributed by atoms with Crippen molar-refractivity contribution in [2.24, 2.45) is 0 Å². The van der Waals surface area contributed by atoms with Crippen molar-refractivity contribution >= 4 is 5.97 Å². The van der Waals surface area contributed by atoms with E-state index in [1.54, 1.807) is 0 Å². The van der Waals surface area contributed by atoms with E-state index in [1.165, 1.54) is 0 Å². The van der Waals surface area contributed by atoms with Crippen molar-refractivity contribution in [2.75, 3.05) is 20.2 Å². The maximum absolute atomic E-state index is 10.3. The summed E-state index contributed by atoms with van der Waals surface area (Å²) in [6.07, 6.45) is 1.88. The van der Waals surface area contributed by atoms with Gasteiger partial charge in [-0.1, -0.05) is 6.92 Å². The topological polar surface area (TPSA) is 58.6 Å². The number of rotatable bonds is 8. The first kappa shape index (κ1) is 13.4. The molecule has 0 rings (SSSR count). The highest BCUT2D eigenvalue weighted by molar-refractivity contribution is 5.66. The molecule has 0 aliphatic rings. The van der Waals surface area contributed by atoms with Gasteiger partial charge in [-0.25, -0.2) is 0 Å². The Morgan fingerprint density at radius 2 is 2.21 bits per heavy atom. The van der Waals surface area contributed by atoms with Gasteiger partial charge in [0.05, 0.1) is 18.6 Å². The minimum Gasteiger partial charge on any atom is -0.481 e. The Labute approximate surface area is 85.6 Å². The lowest BCUT2D eigenvalue weighted by atomic mass is 9.99. The molecule has 0 aromatic rings. The van der Waals surface area contributed by atoms with Gasteiger partial charge in [-0.2, -0.15) is 0 Å². The van der Waals surface area contributed by atoms with Gasteiger partial charge in [0.15, 0.2) is 0 Å². The van der Waals surface area contributed by atoms with Crippen LogP contribution in [-0.2, 0) is 9.53 Å². The largest absolute Gasteiger partial charge is 0.481 e. The predicted molar refractivity (Wildman–Crippen MR) is 55.4 cm³/mol. The molecule has 0 radical (unpaired) electrons. The van der Waals surface area contributed by atoms with Crippen LogP contribution in [0.2, 0.25) is 0 Å². The Bertz CT molecular complexity index is 173. The van der Waals surface area contributed by atoms with Crippen LogP contribution in [-0.4, -0.2) is 36.9 Å². The van der Waals surface area contributed by atoms with Gasteiger partial charge in [-0.3, -0.25) is 4.79 Å². The highest BCUT2D eigenvalue weighted by Crippen LogP contribution is 2.19. The van der Waals surface area contributed by atoms with Crippen LogP contribution >= 0.6 is 0 Å². The monoisotopic (exact) mass is 203 g/mol. The summed E-state index contributed by atoms with van der Waals surface area (Å²) in [5.41, 5.74) is -0.196. The van der Waals surface area contributed by atoms with Crippen molar-refractivity contribution in [3.05, 3.63) is 0 Å². The molecule has 4 heteroatoms. The fourth-order valence-corrected chi connectivity index (χ4v) is 1.13. The zero-order valence-corrected chi connectivity index (χ0v) is 9.30. The zero-order chi connectivity index (χ0) is 11.0. The fourth-order valence-electron chi connectivity index (χ4n) is 1.13. The van der Waals surface area contributed by atoms with Gasteiger partial charge in [0.1, 0.15) is 0 Å². The molecule has 0 spiro atoms. The van der Waals surface area contributed by atoms with Gasteiger partial charge in [-0.15, -0.1) is 0 Å². The van der Waals surface area contributed by atoms with Crippen LogP contribution in [0.25, 0.3) is 0 Å². The van der Waals surface area contributed by atoms with Crippen molar-refractivity contribution in [3.8, 4) is 0 Å². The summed E-state index contributed by atoms with van der Waals surface area (Å²) < 4.78 is 5.57. The average Bonchev–Trinajstić information content (AvgIpc) is 2.14. The van der Waals surface area contributed by atoms with E-state index < -0.39 is 5.97 Å². The van der Waals surface area contributed by atoms with Crippen LogP contribution in [0.4, 0.5) is 0 Å². The summed E-state index contributed by atoms with van der Waals surface area (Å²) in [6, 6.07) is 0. The van der Waals surface area contributed by atoms with Crippen LogP contribution < -0.4 is 5.32 Å². The second kappa shape index (κ2) is 6.79. The maximum atomic E-state index is 10.3. The molecular formula is C10H21NO3. The Morgan fingerprint density at radius 1 is 1.57 bits per heavy atom. The third-order valence-corrected chi connectivity index (χ3v) is 2.42. The number of ether oxygens (including phenoxy) is 1. The molecule has 1 unspecified atom stereocenters. The molecule has 0 amide bonds. The molecular weight excluding hydrogens is 182 g/mol. The lowest BCUT2D eigenvalue weighted by molar-refractivity contribution is -0.140. The number of carbonyl (C=O) groups is 1. The lowest BCUT2D eigenvalue weighted by Gasteiger charge is -2.28. The van der Waals surface area contributed by atoms with Crippen molar-refractivity contribution in [1.82, 2.24) is 5.32 Å². The summed E-state index contributed by atoms with van der Waals surface area (Å²) >= 11 is 0. The first-order valence-electron chi connectivity index (χ1n) is 5.04. The van der Waals surface area contributed by atoms with E-state index >= 15 is 0 Å². The third-order valence-electron chi connectivity index (χ3n) is 2.42. The normalized spacial score (nSPS) is 15.1. The molecule has 0 aliphatic carbocycles. The molecule has 0 aliphatic heterocycles. The van der Waals surface area contributed by atoms with Gasteiger partial charge in [-0.05, 0) is 33.4 Å². The van der Waals surface area contributed by atoms with Gasteiger partial charge >= 0.3 is 5.97 Å². The van der Waals surface area contributed by atoms with Crippen molar-refractivity contribution in [1.29, 1.82) is 0 Å². The number of nitrogens with one attached hydrogen (secondary N) is 1. The number of carboxylic acid groups (broad SMARTS) is 1. The van der Waals surface area contributed by atoms with E-state index in [9.17, 15) is 4.79 Å². The van der Waals surface area contributed by atoms with Crippen molar-refractivity contribution in [3.63, 3.8) is 0 Å². The van der Waals surface area contributed by atoms with Gasteiger partial charge in [0.2, 0.25) is 0 Å². The number of carboxylic acids is 1. The minimum atomic E-state index is -0.808. The molecule has 0 aromatic heterocycles. The quantitative estimate of drug-likeness (QED) is 0.623. The summed E-state index contributed by atoms with van der Waals surface area (Å²) in [5, 5.41) is 11.5. The van der Waals surface area contributed by atoms with Crippen LogP contribution in [0, 0.1) is 0 Å². The van der Waals surface area contributed by atoms with Crippen LogP contribution in [0.1, 0.15) is 33.1 Å². The third kappa shape index (κ3) is 5.94. The average molecular weight is 203 g/mol. The summed E-state index contributed by atoms with van der Waals surface area (Å²) in [6.45, 7) is 5.25. The number of aliphatic carboxylic acids is 1. The van der Waals surface area contributed by atoms with E-state index in [0.717, 1.165) is 19.4 Å². The number of hydrogen-bond donors (Lipinski definition) is 2. The summed E-state index contributed by atoms with van der Waals surface area (Å²) in [4.78, 5) is 10.3. The Hall–Kier alpha value is -0.610. The molecule has 0 fully saturated rings. The molecule has 1 atom stereocenters. The Morgan fingerprint density at radius 3 is 2.64 bits per heavy atom. The molecule has 2 N–H and O–H groups in total.